The zero-order valence-corrected chi connectivity index (χ0v) is 14.5. The monoisotopic (exact) mass is 344 g/mol. The average Bonchev–Trinajstić information content (AvgIpc) is 3.04. The molecular formula is C17H24N6O2. The first-order chi connectivity index (χ1) is 12.2. The average molecular weight is 344 g/mol. The summed E-state index contributed by atoms with van der Waals surface area (Å²) in [5.74, 6) is 1.85. The summed E-state index contributed by atoms with van der Waals surface area (Å²) < 4.78 is 7.25. The maximum atomic E-state index is 12.1. The Labute approximate surface area is 146 Å². The van der Waals surface area contributed by atoms with E-state index in [0.29, 0.717) is 18.3 Å². The third kappa shape index (κ3) is 3.89. The normalized spacial score (nSPS) is 20.9. The fourth-order valence-electron chi connectivity index (χ4n) is 3.42. The molecule has 1 amide bonds. The molecule has 3 heterocycles. The first-order valence-corrected chi connectivity index (χ1v) is 8.98. The van der Waals surface area contributed by atoms with E-state index < -0.39 is 0 Å². The summed E-state index contributed by atoms with van der Waals surface area (Å²) in [4.78, 5) is 20.9. The van der Waals surface area contributed by atoms with E-state index in [1.165, 1.54) is 0 Å². The molecule has 134 valence electrons. The zero-order chi connectivity index (χ0) is 17.2. The molecule has 0 bridgehead atoms. The van der Waals surface area contributed by atoms with Gasteiger partial charge in [0, 0.05) is 50.9 Å². The Bertz CT molecular complexity index is 709. The van der Waals surface area contributed by atoms with Crippen LogP contribution in [-0.2, 0) is 17.9 Å². The quantitative estimate of drug-likeness (QED) is 0.752. The summed E-state index contributed by atoms with van der Waals surface area (Å²) in [7, 11) is 0. The third-order valence-electron chi connectivity index (χ3n) is 5.02. The minimum atomic E-state index is 0.0664. The SMILES string of the molecule is CC(=O)N(Cc1noc(C2CC2)n1)[C@H]1CCN(CCn2cccn2)C1. The van der Waals surface area contributed by atoms with Crippen molar-refractivity contribution in [3.63, 3.8) is 0 Å². The van der Waals surface area contributed by atoms with E-state index >= 15 is 0 Å². The molecule has 1 atom stereocenters. The van der Waals surface area contributed by atoms with Crippen LogP contribution >= 0.6 is 0 Å². The molecule has 2 aromatic heterocycles. The lowest BCUT2D eigenvalue weighted by molar-refractivity contribution is -0.131. The van der Waals surface area contributed by atoms with Crippen molar-refractivity contribution in [2.24, 2.45) is 0 Å². The van der Waals surface area contributed by atoms with Crippen LogP contribution in [-0.4, -0.2) is 61.3 Å². The van der Waals surface area contributed by atoms with E-state index in [2.05, 4.69) is 20.1 Å². The Hall–Kier alpha value is -2.22. The highest BCUT2D eigenvalue weighted by Gasteiger charge is 2.32. The van der Waals surface area contributed by atoms with Gasteiger partial charge in [0.25, 0.3) is 0 Å². The van der Waals surface area contributed by atoms with Gasteiger partial charge in [-0.15, -0.1) is 0 Å². The molecule has 2 aromatic rings. The number of amides is 1. The molecule has 4 rings (SSSR count). The Morgan fingerprint density at radius 3 is 2.96 bits per heavy atom. The van der Waals surface area contributed by atoms with E-state index in [1.807, 2.05) is 21.8 Å². The Morgan fingerprint density at radius 2 is 2.24 bits per heavy atom. The van der Waals surface area contributed by atoms with Crippen LogP contribution < -0.4 is 0 Å². The maximum Gasteiger partial charge on any atom is 0.229 e. The Morgan fingerprint density at radius 1 is 1.36 bits per heavy atom. The molecule has 8 heteroatoms. The standard InChI is InChI=1S/C17H24N6O2/c1-13(24)23(12-16-19-17(25-20-16)14-3-4-14)15-5-8-21(11-15)9-10-22-7-2-6-18-22/h2,6-7,14-15H,3-5,8-12H2,1H3/t15-/m0/s1. The van der Waals surface area contributed by atoms with Crippen molar-refractivity contribution in [1.82, 2.24) is 29.7 Å². The Balaban J connectivity index is 1.33. The molecule has 2 fully saturated rings. The van der Waals surface area contributed by atoms with Gasteiger partial charge in [0.2, 0.25) is 11.8 Å². The van der Waals surface area contributed by atoms with E-state index in [0.717, 1.165) is 51.3 Å². The molecule has 1 aliphatic carbocycles. The summed E-state index contributed by atoms with van der Waals surface area (Å²) >= 11 is 0. The van der Waals surface area contributed by atoms with Crippen LogP contribution in [0.2, 0.25) is 0 Å². The molecule has 0 spiro atoms. The van der Waals surface area contributed by atoms with Crippen LogP contribution in [0.4, 0.5) is 0 Å². The van der Waals surface area contributed by atoms with Crippen molar-refractivity contribution >= 4 is 5.91 Å². The van der Waals surface area contributed by atoms with E-state index in [1.54, 1.807) is 13.1 Å². The molecular weight excluding hydrogens is 320 g/mol. The predicted molar refractivity (Wildman–Crippen MR) is 89.6 cm³/mol. The van der Waals surface area contributed by atoms with E-state index in [4.69, 9.17) is 4.52 Å². The fraction of sp³-hybridized carbons (Fsp3) is 0.647. The topological polar surface area (TPSA) is 80.3 Å². The van der Waals surface area contributed by atoms with Crippen molar-refractivity contribution in [3.05, 3.63) is 30.2 Å². The molecule has 1 saturated heterocycles. The maximum absolute atomic E-state index is 12.1. The van der Waals surface area contributed by atoms with Gasteiger partial charge in [0.15, 0.2) is 5.82 Å². The van der Waals surface area contributed by atoms with Crippen molar-refractivity contribution in [3.8, 4) is 0 Å². The summed E-state index contributed by atoms with van der Waals surface area (Å²) in [6.07, 6.45) is 7.01. The lowest BCUT2D eigenvalue weighted by Gasteiger charge is -2.27. The molecule has 0 unspecified atom stereocenters. The van der Waals surface area contributed by atoms with Crippen LogP contribution in [0.25, 0.3) is 0 Å². The van der Waals surface area contributed by atoms with Gasteiger partial charge in [-0.2, -0.15) is 10.1 Å². The van der Waals surface area contributed by atoms with Crippen LogP contribution in [0, 0.1) is 0 Å². The van der Waals surface area contributed by atoms with Crippen LogP contribution in [0.5, 0.6) is 0 Å². The van der Waals surface area contributed by atoms with Crippen molar-refractivity contribution in [1.29, 1.82) is 0 Å². The van der Waals surface area contributed by atoms with E-state index in [-0.39, 0.29) is 11.9 Å². The van der Waals surface area contributed by atoms with Crippen LogP contribution in [0.15, 0.2) is 23.0 Å². The summed E-state index contributed by atoms with van der Waals surface area (Å²) in [5, 5.41) is 8.29. The van der Waals surface area contributed by atoms with Gasteiger partial charge in [0.1, 0.15) is 0 Å². The molecule has 1 saturated carbocycles. The first kappa shape index (κ1) is 16.3. The number of hydrogen-bond donors (Lipinski definition) is 0. The van der Waals surface area contributed by atoms with E-state index in [9.17, 15) is 4.79 Å². The smallest absolute Gasteiger partial charge is 0.229 e. The Kier molecular flexibility index (Phi) is 4.52. The number of aromatic nitrogens is 4. The highest BCUT2D eigenvalue weighted by molar-refractivity contribution is 5.73. The van der Waals surface area contributed by atoms with Crippen LogP contribution in [0.1, 0.15) is 43.8 Å². The number of rotatable bonds is 7. The molecule has 2 aliphatic rings. The molecule has 0 aromatic carbocycles. The highest BCUT2D eigenvalue weighted by Crippen LogP contribution is 2.38. The number of hydrogen-bond acceptors (Lipinski definition) is 6. The number of carbonyl (C=O) groups is 1. The second-order valence-corrected chi connectivity index (χ2v) is 6.98. The van der Waals surface area contributed by atoms with Crippen molar-refractivity contribution in [2.75, 3.05) is 19.6 Å². The van der Waals surface area contributed by atoms with Gasteiger partial charge in [-0.25, -0.2) is 0 Å². The molecule has 25 heavy (non-hydrogen) atoms. The largest absolute Gasteiger partial charge is 0.339 e. The van der Waals surface area contributed by atoms with Crippen LogP contribution in [0.3, 0.4) is 0 Å². The highest BCUT2D eigenvalue weighted by atomic mass is 16.5. The van der Waals surface area contributed by atoms with Crippen molar-refractivity contribution < 1.29 is 9.32 Å². The second kappa shape index (κ2) is 6.95. The molecule has 1 aliphatic heterocycles. The third-order valence-corrected chi connectivity index (χ3v) is 5.02. The number of nitrogens with zero attached hydrogens (tertiary/aromatic N) is 6. The zero-order valence-electron chi connectivity index (χ0n) is 14.5. The lowest BCUT2D eigenvalue weighted by atomic mass is 10.2. The summed E-state index contributed by atoms with van der Waals surface area (Å²) in [6.45, 7) is 5.74. The first-order valence-electron chi connectivity index (χ1n) is 8.98. The van der Waals surface area contributed by atoms with Gasteiger partial charge in [-0.05, 0) is 25.3 Å². The predicted octanol–water partition coefficient (Wildman–Crippen LogP) is 1.27. The van der Waals surface area contributed by atoms with Gasteiger partial charge < -0.3 is 9.42 Å². The fourth-order valence-corrected chi connectivity index (χ4v) is 3.42. The summed E-state index contributed by atoms with van der Waals surface area (Å²) in [5.41, 5.74) is 0. The van der Waals surface area contributed by atoms with Gasteiger partial charge in [-0.3, -0.25) is 14.4 Å². The number of likely N-dealkylation sites (tertiary alicyclic amines) is 1. The van der Waals surface area contributed by atoms with Gasteiger partial charge in [0.05, 0.1) is 13.1 Å². The summed E-state index contributed by atoms with van der Waals surface area (Å²) in [6, 6.07) is 2.14. The number of carbonyl (C=O) groups excluding carboxylic acids is 1. The second-order valence-electron chi connectivity index (χ2n) is 6.98. The molecule has 0 N–H and O–H groups in total. The molecule has 8 nitrogen and oxygen atoms in total. The lowest BCUT2D eigenvalue weighted by Crippen LogP contribution is -2.40. The van der Waals surface area contributed by atoms with Gasteiger partial charge in [-0.1, -0.05) is 5.16 Å². The van der Waals surface area contributed by atoms with Crippen molar-refractivity contribution in [2.45, 2.75) is 51.2 Å². The van der Waals surface area contributed by atoms with Gasteiger partial charge >= 0.3 is 0 Å². The molecule has 0 radical (unpaired) electrons. The minimum absolute atomic E-state index is 0.0664. The minimum Gasteiger partial charge on any atom is -0.339 e.